The molecule has 0 bridgehead atoms. The summed E-state index contributed by atoms with van der Waals surface area (Å²) in [6.45, 7) is -3.27. The monoisotopic (exact) mass is 480 g/mol. The van der Waals surface area contributed by atoms with Crippen molar-refractivity contribution in [1.82, 2.24) is 9.36 Å². The first kappa shape index (κ1) is 23.0. The number of carboxylic acid groups (broad SMARTS) is 1. The van der Waals surface area contributed by atoms with Crippen LogP contribution < -0.4 is 5.32 Å². The minimum Gasteiger partial charge on any atom is -0.476 e. The Labute approximate surface area is 197 Å². The number of nitrogens with zero attached hydrogens (tertiary/aromatic N) is 3. The molecule has 0 aliphatic heterocycles. The van der Waals surface area contributed by atoms with Gasteiger partial charge in [0.1, 0.15) is 5.54 Å². The molecule has 0 unspecified atom stereocenters. The van der Waals surface area contributed by atoms with Gasteiger partial charge < -0.3 is 15.3 Å². The van der Waals surface area contributed by atoms with Crippen molar-refractivity contribution < 1.29 is 23.5 Å². The second kappa shape index (κ2) is 10.2. The van der Waals surface area contributed by atoms with Crippen LogP contribution in [0.25, 0.3) is 0 Å². The fraction of sp³-hybridized carbons (Fsp3) is 0.0833. The molecule has 0 saturated heterocycles. The number of hydrogen-bond acceptors (Lipinski definition) is 7. The molecule has 0 aliphatic rings. The zero-order chi connectivity index (χ0) is 24.0. The van der Waals surface area contributed by atoms with Gasteiger partial charge in [0.2, 0.25) is 16.7 Å². The van der Waals surface area contributed by atoms with Crippen LogP contribution in [0.4, 0.5) is 13.9 Å². The highest BCUT2D eigenvalue weighted by atomic mass is 32.1. The molecule has 4 rings (SSSR count). The Morgan fingerprint density at radius 3 is 1.79 bits per heavy atom. The molecule has 0 spiro atoms. The van der Waals surface area contributed by atoms with E-state index in [0.29, 0.717) is 0 Å². The molecule has 0 amide bonds. The average molecular weight is 480 g/mol. The largest absolute Gasteiger partial charge is 0.476 e. The number of alkyl halides is 2. The minimum absolute atomic E-state index is 0.262. The van der Waals surface area contributed by atoms with E-state index in [1.165, 1.54) is 0 Å². The molecule has 1 aromatic heterocycles. The Balaban J connectivity index is 1.85. The summed E-state index contributed by atoms with van der Waals surface area (Å²) in [6.07, 6.45) is 0. The third-order valence-corrected chi connectivity index (χ3v) is 5.61. The number of nitrogens with one attached hydrogen (secondary N) is 1. The molecule has 34 heavy (non-hydrogen) atoms. The summed E-state index contributed by atoms with van der Waals surface area (Å²) in [5, 5.41) is 16.1. The van der Waals surface area contributed by atoms with E-state index in [4.69, 9.17) is 0 Å². The molecule has 4 aromatic rings. The Morgan fingerprint density at radius 2 is 1.38 bits per heavy atom. The first-order valence-electron chi connectivity index (χ1n) is 10.0. The Morgan fingerprint density at radius 1 is 0.912 bits per heavy atom. The van der Waals surface area contributed by atoms with Gasteiger partial charge in [-0.15, -0.1) is 0 Å². The lowest BCUT2D eigenvalue weighted by atomic mass is 9.77. The predicted molar refractivity (Wildman–Crippen MR) is 124 cm³/mol. The third-order valence-electron chi connectivity index (χ3n) is 4.98. The number of anilines is 1. The average Bonchev–Trinajstić information content (AvgIpc) is 3.32. The third kappa shape index (κ3) is 4.76. The molecule has 0 radical (unpaired) electrons. The van der Waals surface area contributed by atoms with Crippen molar-refractivity contribution in [2.75, 3.05) is 5.32 Å². The van der Waals surface area contributed by atoms with Crippen molar-refractivity contribution in [3.8, 4) is 0 Å². The van der Waals surface area contributed by atoms with Crippen molar-refractivity contribution >= 4 is 28.3 Å². The molecule has 2 N–H and O–H groups in total. The van der Waals surface area contributed by atoms with Gasteiger partial charge in [-0.25, -0.2) is 4.79 Å². The summed E-state index contributed by atoms with van der Waals surface area (Å²) in [7, 11) is 0. The van der Waals surface area contributed by atoms with Crippen LogP contribution >= 0.6 is 11.5 Å². The molecule has 10 heteroatoms. The van der Waals surface area contributed by atoms with Gasteiger partial charge in [0.15, 0.2) is 0 Å². The maximum absolute atomic E-state index is 12.4. The highest BCUT2D eigenvalue weighted by molar-refractivity contribution is 7.09. The van der Waals surface area contributed by atoms with Crippen LogP contribution in [0, 0.1) is 0 Å². The molecule has 1 heterocycles. The van der Waals surface area contributed by atoms with E-state index >= 15 is 0 Å². The molecular formula is C24H18F2N4O3S. The number of benzene rings is 3. The maximum atomic E-state index is 12.4. The zero-order valence-corrected chi connectivity index (χ0v) is 18.3. The van der Waals surface area contributed by atoms with Crippen LogP contribution in [0.15, 0.2) is 96.2 Å². The van der Waals surface area contributed by atoms with E-state index in [1.807, 2.05) is 91.0 Å². The van der Waals surface area contributed by atoms with Gasteiger partial charge in [-0.2, -0.15) is 18.1 Å². The smallest absolute Gasteiger partial charge is 0.407 e. The number of oxime groups is 1. The fourth-order valence-corrected chi connectivity index (χ4v) is 4.21. The van der Waals surface area contributed by atoms with E-state index in [9.17, 15) is 18.7 Å². The van der Waals surface area contributed by atoms with Crippen molar-refractivity contribution in [1.29, 1.82) is 0 Å². The molecule has 0 atom stereocenters. The van der Waals surface area contributed by atoms with Crippen LogP contribution in [0.5, 0.6) is 0 Å². The number of rotatable bonds is 9. The molecule has 0 aliphatic carbocycles. The second-order valence-electron chi connectivity index (χ2n) is 7.01. The van der Waals surface area contributed by atoms with Crippen molar-refractivity contribution in [3.05, 3.63) is 114 Å². The quantitative estimate of drug-likeness (QED) is 0.199. The van der Waals surface area contributed by atoms with Crippen LogP contribution in [0.1, 0.15) is 22.5 Å². The highest BCUT2D eigenvalue weighted by Gasteiger charge is 2.37. The lowest BCUT2D eigenvalue weighted by Crippen LogP contribution is -2.38. The highest BCUT2D eigenvalue weighted by Crippen LogP contribution is 2.40. The summed E-state index contributed by atoms with van der Waals surface area (Å²) < 4.78 is 28.8. The molecule has 172 valence electrons. The summed E-state index contributed by atoms with van der Waals surface area (Å²) in [6, 6.07) is 29.0. The maximum Gasteiger partial charge on any atom is 0.407 e. The number of halogens is 2. The van der Waals surface area contributed by atoms with Gasteiger partial charge in [-0.1, -0.05) is 96.2 Å². The van der Waals surface area contributed by atoms with Gasteiger partial charge >= 0.3 is 12.6 Å². The number of aliphatic carboxylic acids is 1. The van der Waals surface area contributed by atoms with Crippen LogP contribution in [-0.2, 0) is 15.2 Å². The van der Waals surface area contributed by atoms with Gasteiger partial charge in [0.25, 0.3) is 0 Å². The lowest BCUT2D eigenvalue weighted by Gasteiger charge is -2.36. The number of aromatic nitrogens is 2. The molecule has 0 fully saturated rings. The van der Waals surface area contributed by atoms with E-state index < -0.39 is 23.8 Å². The predicted octanol–water partition coefficient (Wildman–Crippen LogP) is 4.97. The van der Waals surface area contributed by atoms with Crippen molar-refractivity contribution in [2.45, 2.75) is 12.2 Å². The Kier molecular flexibility index (Phi) is 6.88. The zero-order valence-electron chi connectivity index (χ0n) is 17.5. The van der Waals surface area contributed by atoms with E-state index in [-0.39, 0.29) is 11.0 Å². The number of hydrogen-bond donors (Lipinski definition) is 2. The van der Waals surface area contributed by atoms with Gasteiger partial charge in [-0.3, -0.25) is 0 Å². The van der Waals surface area contributed by atoms with Gasteiger partial charge in [0, 0.05) is 11.5 Å². The van der Waals surface area contributed by atoms with Crippen LogP contribution in [0.3, 0.4) is 0 Å². The second-order valence-corrected chi connectivity index (χ2v) is 7.76. The molecular weight excluding hydrogens is 462 g/mol. The normalized spacial score (nSPS) is 11.9. The summed E-state index contributed by atoms with van der Waals surface area (Å²) in [5.41, 5.74) is 0.960. The first-order chi connectivity index (χ1) is 16.5. The van der Waals surface area contributed by atoms with Crippen molar-refractivity contribution in [3.63, 3.8) is 0 Å². The molecule has 0 saturated carbocycles. The first-order valence-corrected chi connectivity index (χ1v) is 10.8. The molecule has 3 aromatic carbocycles. The fourth-order valence-electron chi connectivity index (χ4n) is 3.58. The standard InChI is InChI=1S/C24H18F2N4O3S/c25-22(26)33-29-19(21(31)32)20-27-23(34-30-20)28-24(16-10-4-1-5-11-16,17-12-6-2-7-13-17)18-14-8-3-9-15-18/h1-15,22H,(H,31,32)(H,27,28,30)/b29-19-. The summed E-state index contributed by atoms with van der Waals surface area (Å²) in [4.78, 5) is 19.6. The minimum atomic E-state index is -3.27. The van der Waals surface area contributed by atoms with Gasteiger partial charge in [-0.05, 0) is 16.7 Å². The number of carbonyl (C=O) groups is 1. The summed E-state index contributed by atoms with van der Waals surface area (Å²) >= 11 is 0.881. The topological polar surface area (TPSA) is 96.7 Å². The van der Waals surface area contributed by atoms with E-state index in [0.717, 1.165) is 28.2 Å². The lowest BCUT2D eigenvalue weighted by molar-refractivity contribution is -0.134. The number of carboxylic acids is 1. The van der Waals surface area contributed by atoms with Crippen LogP contribution in [0.2, 0.25) is 0 Å². The van der Waals surface area contributed by atoms with Crippen molar-refractivity contribution in [2.24, 2.45) is 5.16 Å². The van der Waals surface area contributed by atoms with E-state index in [1.54, 1.807) is 0 Å². The Bertz CT molecular complexity index is 1170. The van der Waals surface area contributed by atoms with Gasteiger partial charge in [0.05, 0.1) is 0 Å². The SMILES string of the molecule is O=C(O)/C(=N\OC(F)F)c1nsc(NC(c2ccccc2)(c2ccccc2)c2ccccc2)n1. The molecule has 7 nitrogen and oxygen atoms in total. The van der Waals surface area contributed by atoms with E-state index in [2.05, 4.69) is 24.7 Å². The van der Waals surface area contributed by atoms with Crippen LogP contribution in [-0.4, -0.2) is 32.8 Å². The Hall–Kier alpha value is -4.18. The summed E-state index contributed by atoms with van der Waals surface area (Å²) in [5.74, 6) is -1.94.